The van der Waals surface area contributed by atoms with Gasteiger partial charge in [-0.25, -0.2) is 14.5 Å². The van der Waals surface area contributed by atoms with Gasteiger partial charge in [-0.1, -0.05) is 23.9 Å². The van der Waals surface area contributed by atoms with Crippen molar-refractivity contribution in [2.75, 3.05) is 23.1 Å². The molecule has 1 saturated heterocycles. The van der Waals surface area contributed by atoms with Gasteiger partial charge in [0.1, 0.15) is 12.1 Å². The van der Waals surface area contributed by atoms with Gasteiger partial charge in [0, 0.05) is 23.9 Å². The number of aromatic nitrogens is 3. The summed E-state index contributed by atoms with van der Waals surface area (Å²) in [6, 6.07) is 14.0. The minimum absolute atomic E-state index is 0.152. The summed E-state index contributed by atoms with van der Waals surface area (Å²) < 4.78 is 48.3. The molecule has 1 N–H and O–H groups in total. The van der Waals surface area contributed by atoms with E-state index in [1.54, 1.807) is 19.2 Å². The third kappa shape index (κ3) is 7.18. The van der Waals surface area contributed by atoms with Crippen LogP contribution in [-0.4, -0.2) is 51.1 Å². The molecule has 1 aliphatic heterocycles. The number of ether oxygens (including phenoxy) is 2. The van der Waals surface area contributed by atoms with Gasteiger partial charge < -0.3 is 14.8 Å². The van der Waals surface area contributed by atoms with Gasteiger partial charge in [-0.05, 0) is 86.8 Å². The number of aliphatic imine (C=N–C) groups is 1. The van der Waals surface area contributed by atoms with E-state index in [0.717, 1.165) is 22.3 Å². The first-order chi connectivity index (χ1) is 21.3. The molecule has 1 unspecified atom stereocenters. The van der Waals surface area contributed by atoms with E-state index in [2.05, 4.69) is 25.1 Å². The molecule has 3 amide bonds. The highest BCUT2D eigenvalue weighted by Crippen LogP contribution is 2.35. The van der Waals surface area contributed by atoms with Crippen LogP contribution in [-0.2, 0) is 9.53 Å². The van der Waals surface area contributed by atoms with Gasteiger partial charge in [-0.2, -0.15) is 4.99 Å². The zero-order chi connectivity index (χ0) is 32.5. The Bertz CT molecular complexity index is 1770. The van der Waals surface area contributed by atoms with Crippen molar-refractivity contribution >= 4 is 40.2 Å². The number of carbonyl (C=O) groups is 2. The summed E-state index contributed by atoms with van der Waals surface area (Å²) in [7, 11) is 1.59. The first kappa shape index (κ1) is 31.7. The maximum absolute atomic E-state index is 13.1. The Morgan fingerprint density at radius 1 is 1.07 bits per heavy atom. The van der Waals surface area contributed by atoms with Crippen LogP contribution in [0, 0.1) is 20.8 Å². The molecular weight excluding hydrogens is 609 g/mol. The van der Waals surface area contributed by atoms with E-state index in [0.29, 0.717) is 28.5 Å². The lowest BCUT2D eigenvalue weighted by Gasteiger charge is -2.23. The lowest BCUT2D eigenvalue weighted by Crippen LogP contribution is -2.31. The molecule has 14 heteroatoms. The van der Waals surface area contributed by atoms with Crippen molar-refractivity contribution < 1.29 is 32.2 Å². The van der Waals surface area contributed by atoms with Crippen LogP contribution in [0.3, 0.4) is 0 Å². The van der Waals surface area contributed by atoms with E-state index in [4.69, 9.17) is 4.74 Å². The number of nitrogens with one attached hydrogen (secondary N) is 1. The number of urea groups is 1. The van der Waals surface area contributed by atoms with Crippen molar-refractivity contribution in [1.82, 2.24) is 14.8 Å². The summed E-state index contributed by atoms with van der Waals surface area (Å²) in [6.45, 7) is 7.45. The molecule has 5 rings (SSSR count). The number of benzene rings is 3. The Labute approximate surface area is 261 Å². The quantitative estimate of drug-likeness (QED) is 0.229. The normalized spacial score (nSPS) is 15.1. The molecule has 4 aromatic rings. The van der Waals surface area contributed by atoms with Gasteiger partial charge in [0.2, 0.25) is 5.91 Å². The van der Waals surface area contributed by atoms with Crippen LogP contribution in [0.15, 0.2) is 65.9 Å². The van der Waals surface area contributed by atoms with Crippen molar-refractivity contribution in [3.8, 4) is 22.8 Å². The first-order valence-corrected chi connectivity index (χ1v) is 14.7. The van der Waals surface area contributed by atoms with Gasteiger partial charge in [0.05, 0.1) is 23.2 Å². The highest BCUT2D eigenvalue weighted by Gasteiger charge is 2.33. The predicted molar refractivity (Wildman–Crippen MR) is 166 cm³/mol. The van der Waals surface area contributed by atoms with Gasteiger partial charge >= 0.3 is 12.4 Å². The number of hydrogen-bond acceptors (Lipinski definition) is 7. The van der Waals surface area contributed by atoms with Crippen LogP contribution < -0.4 is 15.0 Å². The monoisotopic (exact) mass is 638 g/mol. The van der Waals surface area contributed by atoms with Crippen LogP contribution in [0.1, 0.15) is 35.3 Å². The molecule has 3 aromatic carbocycles. The molecule has 45 heavy (non-hydrogen) atoms. The highest BCUT2D eigenvalue weighted by atomic mass is 32.2. The van der Waals surface area contributed by atoms with Crippen molar-refractivity contribution in [2.45, 2.75) is 40.2 Å². The summed E-state index contributed by atoms with van der Waals surface area (Å²) in [5, 5.41) is 7.57. The Balaban J connectivity index is 1.35. The number of rotatable bonds is 7. The largest absolute Gasteiger partial charge is 0.573 e. The van der Waals surface area contributed by atoms with E-state index in [1.807, 2.05) is 45.9 Å². The fourth-order valence-electron chi connectivity index (χ4n) is 4.83. The first-order valence-electron chi connectivity index (χ1n) is 13.7. The second-order valence-corrected chi connectivity index (χ2v) is 11.3. The molecule has 0 saturated carbocycles. The number of aryl methyl sites for hydroxylation is 3. The molecule has 1 aromatic heterocycles. The van der Waals surface area contributed by atoms with Gasteiger partial charge in [-0.15, -0.1) is 18.3 Å². The zero-order valence-corrected chi connectivity index (χ0v) is 25.8. The van der Waals surface area contributed by atoms with Crippen molar-refractivity contribution in [3.05, 3.63) is 83.2 Å². The Morgan fingerprint density at radius 2 is 1.76 bits per heavy atom. The smallest absolute Gasteiger partial charge is 0.406 e. The highest BCUT2D eigenvalue weighted by molar-refractivity contribution is 8.15. The van der Waals surface area contributed by atoms with Crippen molar-refractivity contribution in [2.24, 2.45) is 4.99 Å². The van der Waals surface area contributed by atoms with Crippen molar-refractivity contribution in [3.63, 3.8) is 0 Å². The van der Waals surface area contributed by atoms with Gasteiger partial charge in [0.25, 0.3) is 0 Å². The number of nitrogens with zero attached hydrogens (tertiary/aromatic N) is 5. The molecule has 1 atom stereocenters. The second-order valence-electron chi connectivity index (χ2n) is 10.3. The van der Waals surface area contributed by atoms with E-state index < -0.39 is 12.4 Å². The van der Waals surface area contributed by atoms with Crippen molar-refractivity contribution in [1.29, 1.82) is 0 Å². The van der Waals surface area contributed by atoms with Gasteiger partial charge in [0.15, 0.2) is 11.0 Å². The average molecular weight is 639 g/mol. The summed E-state index contributed by atoms with van der Waals surface area (Å²) in [6.07, 6.45) is -3.61. The van der Waals surface area contributed by atoms with Crippen LogP contribution in [0.2, 0.25) is 0 Å². The number of amidine groups is 1. The number of methoxy groups -OCH3 is 1. The third-order valence-electron chi connectivity index (χ3n) is 7.03. The Kier molecular flexibility index (Phi) is 8.98. The van der Waals surface area contributed by atoms with Crippen LogP contribution in [0.5, 0.6) is 5.75 Å². The molecule has 0 bridgehead atoms. The number of halogens is 3. The fourth-order valence-corrected chi connectivity index (χ4v) is 5.69. The minimum atomic E-state index is -4.78. The number of carbonyl (C=O) groups excluding carboxylic acids is 2. The molecule has 0 radical (unpaired) electrons. The van der Waals surface area contributed by atoms with Crippen LogP contribution >= 0.6 is 11.8 Å². The summed E-state index contributed by atoms with van der Waals surface area (Å²) >= 11 is 1.19. The average Bonchev–Trinajstić information content (AvgIpc) is 3.61. The number of hydrogen-bond donors (Lipinski definition) is 1. The van der Waals surface area contributed by atoms with Crippen LogP contribution in [0.25, 0.3) is 17.1 Å². The van der Waals surface area contributed by atoms with Crippen LogP contribution in [0.4, 0.5) is 29.3 Å². The predicted octanol–water partition coefficient (Wildman–Crippen LogP) is 7.13. The summed E-state index contributed by atoms with van der Waals surface area (Å²) in [5.74, 6) is 0.00678. The number of thioether (sulfide) groups is 1. The Morgan fingerprint density at radius 3 is 2.40 bits per heavy atom. The topological polar surface area (TPSA) is 111 Å². The van der Waals surface area contributed by atoms with E-state index in [-0.39, 0.29) is 28.7 Å². The van der Waals surface area contributed by atoms with E-state index in [1.165, 1.54) is 51.9 Å². The number of alkyl halides is 3. The molecule has 1 fully saturated rings. The number of anilines is 2. The van der Waals surface area contributed by atoms with Gasteiger partial charge in [-0.3, -0.25) is 9.69 Å². The molecule has 0 aliphatic carbocycles. The second kappa shape index (κ2) is 12.7. The fraction of sp³-hybridized carbons (Fsp3) is 0.258. The SMILES string of the molecule is COC(C)c1ccc(C)cc1N1C(=O)CS/C1=N\C(=O)Nc1c(C)cc(-c2ncn(-c3ccc(OC(F)(F)F)cc3)n2)cc1C. The molecule has 1 aliphatic rings. The maximum Gasteiger partial charge on any atom is 0.573 e. The van der Waals surface area contributed by atoms with E-state index >= 15 is 0 Å². The minimum Gasteiger partial charge on any atom is -0.406 e. The standard InChI is InChI=1S/C31H29F3N6O4S/c1-17-6-11-24(20(4)43-5)25(12-17)40-26(41)15-45-30(40)37-29(42)36-27-18(2)13-21(14-19(27)3)28-35-16-39(38-28)22-7-9-23(10-8-22)44-31(32,33)34/h6-14,16,20H,15H2,1-5H3,(H,36,42)/b37-30-. The maximum atomic E-state index is 13.1. The lowest BCUT2D eigenvalue weighted by molar-refractivity contribution is -0.274. The lowest BCUT2D eigenvalue weighted by atomic mass is 10.0. The Hall–Kier alpha value is -4.69. The third-order valence-corrected chi connectivity index (χ3v) is 7.95. The summed E-state index contributed by atoms with van der Waals surface area (Å²) in [4.78, 5) is 36.1. The number of amides is 3. The molecule has 10 nitrogen and oxygen atoms in total. The molecule has 0 spiro atoms. The van der Waals surface area contributed by atoms with E-state index in [9.17, 15) is 22.8 Å². The summed E-state index contributed by atoms with van der Waals surface area (Å²) in [5.41, 5.74) is 5.55. The zero-order valence-electron chi connectivity index (χ0n) is 25.0. The molecule has 234 valence electrons. The molecular formula is C31H29F3N6O4S. The molecule has 2 heterocycles.